The number of rotatable bonds is 3. The number of benzene rings is 1. The summed E-state index contributed by atoms with van der Waals surface area (Å²) < 4.78 is 41.3. The van der Waals surface area contributed by atoms with E-state index in [0.29, 0.717) is 12.0 Å². The van der Waals surface area contributed by atoms with E-state index in [9.17, 15) is 17.9 Å². The standard InChI is InChI=1S/C12H15FO4S/c1-8(14)11-3-2-9(13)6-12(11)17-10-4-5-18(15,16)7-10/h2-3,6,8,10,14H,4-5,7H2,1H3. The van der Waals surface area contributed by atoms with E-state index >= 15 is 0 Å². The molecule has 2 unspecified atom stereocenters. The molecule has 100 valence electrons. The minimum Gasteiger partial charge on any atom is -0.489 e. The van der Waals surface area contributed by atoms with Gasteiger partial charge < -0.3 is 9.84 Å². The van der Waals surface area contributed by atoms with Gasteiger partial charge in [0, 0.05) is 11.6 Å². The first kappa shape index (κ1) is 13.3. The van der Waals surface area contributed by atoms with Gasteiger partial charge in [-0.2, -0.15) is 0 Å². The summed E-state index contributed by atoms with van der Waals surface area (Å²) in [6.07, 6.45) is -0.856. The first-order valence-electron chi connectivity index (χ1n) is 5.72. The average molecular weight is 274 g/mol. The van der Waals surface area contributed by atoms with Gasteiger partial charge >= 0.3 is 0 Å². The van der Waals surface area contributed by atoms with Crippen molar-refractivity contribution in [3.8, 4) is 5.75 Å². The van der Waals surface area contributed by atoms with Gasteiger partial charge in [0.25, 0.3) is 0 Å². The van der Waals surface area contributed by atoms with Gasteiger partial charge in [-0.15, -0.1) is 0 Å². The highest BCUT2D eigenvalue weighted by Crippen LogP contribution is 2.28. The molecule has 1 aliphatic rings. The van der Waals surface area contributed by atoms with Crippen LogP contribution < -0.4 is 4.74 Å². The summed E-state index contributed by atoms with van der Waals surface area (Å²) in [6, 6.07) is 3.85. The third-order valence-electron chi connectivity index (χ3n) is 2.91. The number of aliphatic hydroxyl groups excluding tert-OH is 1. The SMILES string of the molecule is CC(O)c1ccc(F)cc1OC1CCS(=O)(=O)C1. The van der Waals surface area contributed by atoms with Gasteiger partial charge in [-0.1, -0.05) is 0 Å². The smallest absolute Gasteiger partial charge is 0.154 e. The van der Waals surface area contributed by atoms with Crippen molar-refractivity contribution in [2.45, 2.75) is 25.6 Å². The lowest BCUT2D eigenvalue weighted by atomic mass is 10.1. The number of ether oxygens (including phenoxy) is 1. The Morgan fingerprint density at radius 1 is 1.50 bits per heavy atom. The van der Waals surface area contributed by atoms with Crippen LogP contribution in [0.2, 0.25) is 0 Å². The molecule has 1 aromatic rings. The second kappa shape index (κ2) is 4.85. The van der Waals surface area contributed by atoms with Gasteiger partial charge in [0.1, 0.15) is 17.7 Å². The summed E-state index contributed by atoms with van der Waals surface area (Å²) in [4.78, 5) is 0. The first-order chi connectivity index (χ1) is 8.37. The first-order valence-corrected chi connectivity index (χ1v) is 7.54. The summed E-state index contributed by atoms with van der Waals surface area (Å²) >= 11 is 0. The number of hydrogen-bond donors (Lipinski definition) is 1. The predicted octanol–water partition coefficient (Wildman–Crippen LogP) is 1.44. The summed E-state index contributed by atoms with van der Waals surface area (Å²) in [5.74, 6) is -0.220. The van der Waals surface area contributed by atoms with Crippen LogP contribution in [0.1, 0.15) is 25.0 Å². The fraction of sp³-hybridized carbons (Fsp3) is 0.500. The number of hydrogen-bond acceptors (Lipinski definition) is 4. The number of aliphatic hydroxyl groups is 1. The van der Waals surface area contributed by atoms with E-state index in [2.05, 4.69) is 0 Å². The van der Waals surface area contributed by atoms with Crippen LogP contribution in [0.15, 0.2) is 18.2 Å². The molecule has 0 radical (unpaired) electrons. The maximum absolute atomic E-state index is 13.2. The van der Waals surface area contributed by atoms with Crippen molar-refractivity contribution in [3.05, 3.63) is 29.6 Å². The van der Waals surface area contributed by atoms with Gasteiger partial charge in [-0.3, -0.25) is 0 Å². The van der Waals surface area contributed by atoms with E-state index in [1.165, 1.54) is 18.2 Å². The zero-order chi connectivity index (χ0) is 13.3. The highest BCUT2D eigenvalue weighted by molar-refractivity contribution is 7.91. The Morgan fingerprint density at radius 3 is 2.78 bits per heavy atom. The lowest BCUT2D eigenvalue weighted by molar-refractivity contribution is 0.179. The van der Waals surface area contributed by atoms with Crippen molar-refractivity contribution in [2.75, 3.05) is 11.5 Å². The van der Waals surface area contributed by atoms with Gasteiger partial charge in [0.05, 0.1) is 17.6 Å². The molecule has 0 aromatic heterocycles. The lowest BCUT2D eigenvalue weighted by Gasteiger charge is -2.17. The fourth-order valence-corrected chi connectivity index (χ4v) is 3.58. The van der Waals surface area contributed by atoms with Crippen LogP contribution in [-0.4, -0.2) is 31.1 Å². The molecule has 0 aliphatic carbocycles. The van der Waals surface area contributed by atoms with E-state index in [4.69, 9.17) is 4.74 Å². The lowest BCUT2D eigenvalue weighted by Crippen LogP contribution is -2.18. The monoisotopic (exact) mass is 274 g/mol. The van der Waals surface area contributed by atoms with Crippen molar-refractivity contribution >= 4 is 9.84 Å². The van der Waals surface area contributed by atoms with E-state index in [-0.39, 0.29) is 17.3 Å². The highest BCUT2D eigenvalue weighted by atomic mass is 32.2. The number of sulfone groups is 1. The van der Waals surface area contributed by atoms with Crippen LogP contribution in [0, 0.1) is 5.82 Å². The quantitative estimate of drug-likeness (QED) is 0.906. The third-order valence-corrected chi connectivity index (χ3v) is 4.65. The highest BCUT2D eigenvalue weighted by Gasteiger charge is 2.30. The van der Waals surface area contributed by atoms with Gasteiger partial charge in [0.15, 0.2) is 9.84 Å². The Morgan fingerprint density at radius 2 is 2.22 bits per heavy atom. The van der Waals surface area contributed by atoms with Crippen LogP contribution in [-0.2, 0) is 9.84 Å². The molecule has 4 nitrogen and oxygen atoms in total. The fourth-order valence-electron chi connectivity index (χ4n) is 1.99. The average Bonchev–Trinajstić information content (AvgIpc) is 2.57. The van der Waals surface area contributed by atoms with Crippen LogP contribution >= 0.6 is 0 Å². The van der Waals surface area contributed by atoms with Crippen molar-refractivity contribution in [1.82, 2.24) is 0 Å². The van der Waals surface area contributed by atoms with Crippen LogP contribution in [0.5, 0.6) is 5.75 Å². The summed E-state index contributed by atoms with van der Waals surface area (Å²) in [6.45, 7) is 1.55. The normalized spacial score (nSPS) is 23.8. The Kier molecular flexibility index (Phi) is 3.59. The maximum Gasteiger partial charge on any atom is 0.154 e. The van der Waals surface area contributed by atoms with E-state index in [1.54, 1.807) is 6.92 Å². The molecule has 0 amide bonds. The van der Waals surface area contributed by atoms with Gasteiger partial charge in [-0.05, 0) is 25.5 Å². The maximum atomic E-state index is 13.2. The second-order valence-electron chi connectivity index (χ2n) is 4.50. The molecular weight excluding hydrogens is 259 g/mol. The molecule has 6 heteroatoms. The molecule has 0 bridgehead atoms. The summed E-state index contributed by atoms with van der Waals surface area (Å²) in [5, 5.41) is 9.55. The predicted molar refractivity (Wildman–Crippen MR) is 64.7 cm³/mol. The van der Waals surface area contributed by atoms with Gasteiger partial charge in [-0.25, -0.2) is 12.8 Å². The molecule has 1 aromatic carbocycles. The summed E-state index contributed by atoms with van der Waals surface area (Å²) in [5.41, 5.74) is 0.459. The van der Waals surface area contributed by atoms with Crippen molar-refractivity contribution < 1.29 is 22.7 Å². The molecule has 1 saturated heterocycles. The zero-order valence-corrected chi connectivity index (χ0v) is 10.8. The molecule has 2 rings (SSSR count). The molecule has 1 aliphatic heterocycles. The topological polar surface area (TPSA) is 63.6 Å². The minimum atomic E-state index is -3.04. The molecule has 1 fully saturated rings. The Balaban J connectivity index is 2.21. The molecular formula is C12H15FO4S. The summed E-state index contributed by atoms with van der Waals surface area (Å²) in [7, 11) is -3.04. The van der Waals surface area contributed by atoms with Crippen LogP contribution in [0.25, 0.3) is 0 Å². The largest absolute Gasteiger partial charge is 0.489 e. The molecule has 18 heavy (non-hydrogen) atoms. The second-order valence-corrected chi connectivity index (χ2v) is 6.73. The van der Waals surface area contributed by atoms with E-state index in [0.717, 1.165) is 0 Å². The van der Waals surface area contributed by atoms with Crippen molar-refractivity contribution in [1.29, 1.82) is 0 Å². The van der Waals surface area contributed by atoms with Gasteiger partial charge in [0.2, 0.25) is 0 Å². The number of halogens is 1. The Labute approximate surface area is 105 Å². The van der Waals surface area contributed by atoms with E-state index in [1.807, 2.05) is 0 Å². The Bertz CT molecular complexity index is 539. The van der Waals surface area contributed by atoms with Crippen LogP contribution in [0.3, 0.4) is 0 Å². The van der Waals surface area contributed by atoms with Crippen molar-refractivity contribution in [2.24, 2.45) is 0 Å². The Hall–Kier alpha value is -1.14. The molecule has 2 atom stereocenters. The van der Waals surface area contributed by atoms with E-state index < -0.39 is 27.9 Å². The third kappa shape index (κ3) is 3.00. The molecule has 0 saturated carbocycles. The molecule has 1 heterocycles. The minimum absolute atomic E-state index is 0.0528. The molecule has 1 N–H and O–H groups in total. The van der Waals surface area contributed by atoms with Crippen molar-refractivity contribution in [3.63, 3.8) is 0 Å². The van der Waals surface area contributed by atoms with Crippen LogP contribution in [0.4, 0.5) is 4.39 Å². The zero-order valence-electron chi connectivity index (χ0n) is 9.97. The molecule has 0 spiro atoms.